The summed E-state index contributed by atoms with van der Waals surface area (Å²) in [6.07, 6.45) is 8.21. The minimum atomic E-state index is -0.990. The topological polar surface area (TPSA) is 66.4 Å². The maximum Gasteiger partial charge on any atom is 0.328 e. The molecule has 20 heavy (non-hydrogen) atoms. The van der Waals surface area contributed by atoms with Crippen molar-refractivity contribution < 1.29 is 14.7 Å². The van der Waals surface area contributed by atoms with Crippen LogP contribution in [0, 0.1) is 0 Å². The fourth-order valence-corrected chi connectivity index (χ4v) is 3.77. The smallest absolute Gasteiger partial charge is 0.328 e. The number of thiophene rings is 1. The van der Waals surface area contributed by atoms with Crippen LogP contribution in [0.3, 0.4) is 0 Å². The van der Waals surface area contributed by atoms with E-state index in [2.05, 4.69) is 11.6 Å². The van der Waals surface area contributed by atoms with Gasteiger partial charge in [-0.2, -0.15) is 11.8 Å². The summed E-state index contributed by atoms with van der Waals surface area (Å²) in [4.78, 5) is 23.2. The van der Waals surface area contributed by atoms with Gasteiger partial charge in [0.15, 0.2) is 0 Å². The molecule has 108 valence electrons. The van der Waals surface area contributed by atoms with Crippen LogP contribution in [0.5, 0.6) is 0 Å². The van der Waals surface area contributed by atoms with Crippen molar-refractivity contribution in [1.82, 2.24) is 5.32 Å². The molecule has 1 aromatic heterocycles. The fourth-order valence-electron chi connectivity index (χ4n) is 2.08. The molecule has 6 heteroatoms. The standard InChI is InChI=1S/C14H17NO3S2/c1-19-14(5-2-6-14)9-15-13(18)10-7-11(20-8-10)3-4-12(16)17/h3-4,7-8H,2,5-6,9H2,1H3,(H,15,18)(H,16,17)/b4-3+. The second-order valence-corrected chi connectivity index (χ2v) is 7.05. The van der Waals surface area contributed by atoms with E-state index in [1.807, 2.05) is 11.8 Å². The number of carboxylic acids is 1. The summed E-state index contributed by atoms with van der Waals surface area (Å²) in [6, 6.07) is 1.71. The number of hydrogen-bond donors (Lipinski definition) is 2. The van der Waals surface area contributed by atoms with Gasteiger partial charge in [-0.05, 0) is 31.2 Å². The Balaban J connectivity index is 1.91. The molecule has 0 atom stereocenters. The lowest BCUT2D eigenvalue weighted by atomic mass is 9.84. The highest BCUT2D eigenvalue weighted by atomic mass is 32.2. The number of amides is 1. The van der Waals surface area contributed by atoms with Crippen molar-refractivity contribution in [1.29, 1.82) is 0 Å². The van der Waals surface area contributed by atoms with Crippen LogP contribution in [0.2, 0.25) is 0 Å². The van der Waals surface area contributed by atoms with E-state index >= 15 is 0 Å². The third-order valence-corrected chi connectivity index (χ3v) is 5.86. The first-order chi connectivity index (χ1) is 9.54. The zero-order chi connectivity index (χ0) is 14.6. The Kier molecular flexibility index (Phi) is 4.88. The first kappa shape index (κ1) is 15.1. The molecule has 1 heterocycles. The summed E-state index contributed by atoms with van der Waals surface area (Å²) in [6.45, 7) is 0.698. The Morgan fingerprint density at radius 3 is 2.85 bits per heavy atom. The number of nitrogens with one attached hydrogen (secondary N) is 1. The van der Waals surface area contributed by atoms with Crippen LogP contribution in [0.1, 0.15) is 34.5 Å². The van der Waals surface area contributed by atoms with E-state index in [4.69, 9.17) is 5.11 Å². The number of carbonyl (C=O) groups is 2. The van der Waals surface area contributed by atoms with E-state index < -0.39 is 5.97 Å². The molecule has 2 rings (SSSR count). The summed E-state index contributed by atoms with van der Waals surface area (Å²) in [5.41, 5.74) is 0.593. The van der Waals surface area contributed by atoms with Gasteiger partial charge in [-0.25, -0.2) is 4.79 Å². The van der Waals surface area contributed by atoms with Crippen LogP contribution in [-0.4, -0.2) is 34.5 Å². The number of hydrogen-bond acceptors (Lipinski definition) is 4. The van der Waals surface area contributed by atoms with Gasteiger partial charge in [0.2, 0.25) is 0 Å². The van der Waals surface area contributed by atoms with Gasteiger partial charge in [0.1, 0.15) is 0 Å². The maximum absolute atomic E-state index is 12.0. The highest BCUT2D eigenvalue weighted by Crippen LogP contribution is 2.42. The van der Waals surface area contributed by atoms with Crippen LogP contribution in [0.15, 0.2) is 17.5 Å². The number of rotatable bonds is 6. The Morgan fingerprint density at radius 2 is 2.30 bits per heavy atom. The van der Waals surface area contributed by atoms with Gasteiger partial charge in [0.25, 0.3) is 5.91 Å². The molecule has 1 amide bonds. The Labute approximate surface area is 126 Å². The van der Waals surface area contributed by atoms with Gasteiger partial charge >= 0.3 is 5.97 Å². The average Bonchev–Trinajstić information content (AvgIpc) is 2.84. The molecule has 0 spiro atoms. The molecule has 0 saturated heterocycles. The lowest BCUT2D eigenvalue weighted by Gasteiger charge is -2.40. The van der Waals surface area contributed by atoms with Gasteiger partial charge in [0.05, 0.1) is 5.56 Å². The summed E-state index contributed by atoms with van der Waals surface area (Å²) in [7, 11) is 0. The third-order valence-electron chi connectivity index (χ3n) is 3.54. The molecule has 1 fully saturated rings. The van der Waals surface area contributed by atoms with Crippen LogP contribution in [0.25, 0.3) is 6.08 Å². The summed E-state index contributed by atoms with van der Waals surface area (Å²) in [5, 5.41) is 13.3. The highest BCUT2D eigenvalue weighted by molar-refractivity contribution is 8.00. The molecule has 2 N–H and O–H groups in total. The van der Waals surface area contributed by atoms with E-state index in [0.717, 1.165) is 23.8 Å². The largest absolute Gasteiger partial charge is 0.478 e. The lowest BCUT2D eigenvalue weighted by molar-refractivity contribution is -0.131. The van der Waals surface area contributed by atoms with E-state index in [0.29, 0.717) is 12.1 Å². The van der Waals surface area contributed by atoms with Crippen molar-refractivity contribution in [3.8, 4) is 0 Å². The van der Waals surface area contributed by atoms with Crippen LogP contribution >= 0.6 is 23.1 Å². The lowest BCUT2D eigenvalue weighted by Crippen LogP contribution is -2.45. The van der Waals surface area contributed by atoms with E-state index in [-0.39, 0.29) is 10.7 Å². The molecule has 1 aliphatic rings. The first-order valence-corrected chi connectivity index (χ1v) is 8.48. The minimum absolute atomic E-state index is 0.0865. The first-order valence-electron chi connectivity index (χ1n) is 6.37. The summed E-state index contributed by atoms with van der Waals surface area (Å²) < 4.78 is 0.220. The molecule has 0 bridgehead atoms. The molecular formula is C14H17NO3S2. The average molecular weight is 311 g/mol. The maximum atomic E-state index is 12.0. The van der Waals surface area contributed by atoms with Crippen LogP contribution in [-0.2, 0) is 4.79 Å². The van der Waals surface area contributed by atoms with Crippen LogP contribution in [0.4, 0.5) is 0 Å². The fraction of sp³-hybridized carbons (Fsp3) is 0.429. The number of aliphatic carboxylic acids is 1. The Bertz CT molecular complexity index is 527. The normalized spacial score (nSPS) is 16.9. The van der Waals surface area contributed by atoms with Crippen molar-refractivity contribution in [2.45, 2.75) is 24.0 Å². The molecule has 0 radical (unpaired) electrons. The summed E-state index contributed by atoms with van der Waals surface area (Å²) >= 11 is 3.19. The van der Waals surface area contributed by atoms with Crippen LogP contribution < -0.4 is 5.32 Å². The van der Waals surface area contributed by atoms with Crippen molar-refractivity contribution >= 4 is 41.1 Å². The quantitative estimate of drug-likeness (QED) is 0.793. The van der Waals surface area contributed by atoms with Crippen molar-refractivity contribution in [3.05, 3.63) is 28.0 Å². The molecule has 1 aromatic rings. The van der Waals surface area contributed by atoms with Gasteiger partial charge < -0.3 is 10.4 Å². The molecule has 0 aliphatic heterocycles. The SMILES string of the molecule is CSC1(CNC(=O)c2csc(/C=C/C(=O)O)c2)CCC1. The number of carbonyl (C=O) groups excluding carboxylic acids is 1. The van der Waals surface area contributed by atoms with Crippen molar-refractivity contribution in [2.24, 2.45) is 0 Å². The van der Waals surface area contributed by atoms with E-state index in [1.165, 1.54) is 23.8 Å². The van der Waals surface area contributed by atoms with Crippen molar-refractivity contribution in [2.75, 3.05) is 12.8 Å². The van der Waals surface area contributed by atoms with Gasteiger partial charge in [0, 0.05) is 27.6 Å². The zero-order valence-corrected chi connectivity index (χ0v) is 12.9. The molecule has 0 unspecified atom stereocenters. The minimum Gasteiger partial charge on any atom is -0.478 e. The second kappa shape index (κ2) is 6.45. The Hall–Kier alpha value is -1.27. The van der Waals surface area contributed by atoms with E-state index in [9.17, 15) is 9.59 Å². The Morgan fingerprint density at radius 1 is 1.55 bits per heavy atom. The van der Waals surface area contributed by atoms with Gasteiger partial charge in [-0.1, -0.05) is 6.42 Å². The third kappa shape index (κ3) is 3.64. The van der Waals surface area contributed by atoms with Gasteiger partial charge in [-0.3, -0.25) is 4.79 Å². The monoisotopic (exact) mass is 311 g/mol. The number of thioether (sulfide) groups is 1. The molecule has 1 aliphatic carbocycles. The second-order valence-electron chi connectivity index (χ2n) is 4.83. The predicted octanol–water partition coefficient (Wildman–Crippen LogP) is 2.86. The number of carboxylic acid groups (broad SMARTS) is 1. The highest BCUT2D eigenvalue weighted by Gasteiger charge is 2.36. The van der Waals surface area contributed by atoms with Gasteiger partial charge in [-0.15, -0.1) is 11.3 Å². The predicted molar refractivity (Wildman–Crippen MR) is 83.4 cm³/mol. The van der Waals surface area contributed by atoms with Crippen molar-refractivity contribution in [3.63, 3.8) is 0 Å². The zero-order valence-electron chi connectivity index (χ0n) is 11.2. The molecule has 1 saturated carbocycles. The molecular weight excluding hydrogens is 294 g/mol. The molecule has 0 aromatic carbocycles. The van der Waals surface area contributed by atoms with E-state index in [1.54, 1.807) is 11.4 Å². The molecule has 4 nitrogen and oxygen atoms in total. The summed E-state index contributed by atoms with van der Waals surface area (Å²) in [5.74, 6) is -1.08.